The highest BCUT2D eigenvalue weighted by Crippen LogP contribution is 2.41. The van der Waals surface area contributed by atoms with Crippen LogP contribution in [-0.4, -0.2) is 10.7 Å². The summed E-state index contributed by atoms with van der Waals surface area (Å²) in [5.74, 6) is -1.43. The Morgan fingerprint density at radius 1 is 1.10 bits per heavy atom. The number of fused-ring (bicyclic) bond motifs is 1. The zero-order valence-corrected chi connectivity index (χ0v) is 11.9. The number of para-hydroxylation sites is 1. The Bertz CT molecular complexity index is 695. The molecule has 0 saturated heterocycles. The third-order valence-corrected chi connectivity index (χ3v) is 3.69. The Morgan fingerprint density at radius 2 is 1.76 bits per heavy atom. The van der Waals surface area contributed by atoms with Crippen LogP contribution in [0.2, 0.25) is 0 Å². The van der Waals surface area contributed by atoms with E-state index in [1.807, 2.05) is 19.9 Å². The minimum absolute atomic E-state index is 0.0864. The van der Waals surface area contributed by atoms with E-state index in [0.717, 1.165) is 11.6 Å². The van der Waals surface area contributed by atoms with Gasteiger partial charge in [0.25, 0.3) is 0 Å². The van der Waals surface area contributed by atoms with Gasteiger partial charge in [0, 0.05) is 17.5 Å². The molecule has 2 aromatic rings. The fraction of sp³-hybridized carbons (Fsp3) is 0.294. The van der Waals surface area contributed by atoms with Gasteiger partial charge in [-0.3, -0.25) is 0 Å². The summed E-state index contributed by atoms with van der Waals surface area (Å²) in [6.45, 7) is 3.90. The highest BCUT2D eigenvalue weighted by atomic mass is 19.2. The van der Waals surface area contributed by atoms with E-state index < -0.39 is 17.7 Å². The molecule has 3 rings (SSSR count). The Hall–Kier alpha value is -1.94. The topological polar surface area (TPSA) is 29.5 Å². The molecule has 1 heterocycles. The van der Waals surface area contributed by atoms with Crippen LogP contribution in [0.25, 0.3) is 0 Å². The molecule has 0 aliphatic carbocycles. The molecule has 4 heteroatoms. The van der Waals surface area contributed by atoms with Crippen LogP contribution in [-0.2, 0) is 6.42 Å². The zero-order valence-electron chi connectivity index (χ0n) is 11.9. The largest absolute Gasteiger partial charge is 0.487 e. The first kappa shape index (κ1) is 14.0. The standard InChI is InChI=1S/C17H16F2O2/c1-17(2)9-10-5-3-7-12(16(10)21-17)15(20)11-6-4-8-13(18)14(11)19/h3-8,15,20H,9H2,1-2H3. The van der Waals surface area contributed by atoms with Gasteiger partial charge < -0.3 is 9.84 Å². The number of hydrogen-bond donors (Lipinski definition) is 1. The molecule has 0 radical (unpaired) electrons. The van der Waals surface area contributed by atoms with Crippen LogP contribution in [0.4, 0.5) is 8.78 Å². The molecule has 0 saturated carbocycles. The van der Waals surface area contributed by atoms with Gasteiger partial charge in [0.2, 0.25) is 0 Å². The summed E-state index contributed by atoms with van der Waals surface area (Å²) in [5, 5.41) is 10.4. The second-order valence-corrected chi connectivity index (χ2v) is 5.92. The molecule has 1 N–H and O–H groups in total. The maximum absolute atomic E-state index is 13.9. The molecule has 110 valence electrons. The van der Waals surface area contributed by atoms with Gasteiger partial charge >= 0.3 is 0 Å². The third kappa shape index (κ3) is 2.40. The van der Waals surface area contributed by atoms with Crippen molar-refractivity contribution < 1.29 is 18.6 Å². The van der Waals surface area contributed by atoms with Crippen LogP contribution in [0.5, 0.6) is 5.75 Å². The normalized spacial score (nSPS) is 17.2. The molecule has 0 spiro atoms. The molecule has 21 heavy (non-hydrogen) atoms. The van der Waals surface area contributed by atoms with E-state index in [4.69, 9.17) is 4.74 Å². The van der Waals surface area contributed by atoms with Crippen LogP contribution in [0.15, 0.2) is 36.4 Å². The molecule has 2 aromatic carbocycles. The van der Waals surface area contributed by atoms with Gasteiger partial charge in [0.1, 0.15) is 17.5 Å². The molecule has 1 aliphatic rings. The summed E-state index contributed by atoms with van der Waals surface area (Å²) in [5.41, 5.74) is 0.978. The number of aliphatic hydroxyl groups excluding tert-OH is 1. The van der Waals surface area contributed by atoms with Crippen LogP contribution in [0.1, 0.15) is 36.6 Å². The maximum Gasteiger partial charge on any atom is 0.164 e. The Balaban J connectivity index is 2.07. The molecule has 0 amide bonds. The summed E-state index contributed by atoms with van der Waals surface area (Å²) >= 11 is 0. The lowest BCUT2D eigenvalue weighted by atomic mass is 9.96. The van der Waals surface area contributed by atoms with Crippen molar-refractivity contribution in [2.45, 2.75) is 32.0 Å². The first-order valence-electron chi connectivity index (χ1n) is 6.82. The lowest BCUT2D eigenvalue weighted by Gasteiger charge is -2.20. The SMILES string of the molecule is CC1(C)Cc2cccc(C(O)c3cccc(F)c3F)c2O1. The van der Waals surface area contributed by atoms with E-state index in [1.165, 1.54) is 12.1 Å². The molecular formula is C17H16F2O2. The molecule has 0 fully saturated rings. The van der Waals surface area contributed by atoms with E-state index in [0.29, 0.717) is 17.7 Å². The van der Waals surface area contributed by atoms with Crippen molar-refractivity contribution in [3.8, 4) is 5.75 Å². The predicted octanol–water partition coefficient (Wildman–Crippen LogP) is 3.76. The average molecular weight is 290 g/mol. The zero-order chi connectivity index (χ0) is 15.2. The second-order valence-electron chi connectivity index (χ2n) is 5.92. The van der Waals surface area contributed by atoms with E-state index in [1.54, 1.807) is 12.1 Å². The van der Waals surface area contributed by atoms with Crippen LogP contribution in [0, 0.1) is 11.6 Å². The smallest absolute Gasteiger partial charge is 0.164 e. The van der Waals surface area contributed by atoms with Gasteiger partial charge in [-0.25, -0.2) is 8.78 Å². The van der Waals surface area contributed by atoms with E-state index in [-0.39, 0.29) is 11.2 Å². The van der Waals surface area contributed by atoms with Gasteiger partial charge in [0.15, 0.2) is 11.6 Å². The summed E-state index contributed by atoms with van der Waals surface area (Å²) in [7, 11) is 0. The monoisotopic (exact) mass is 290 g/mol. The molecule has 0 aromatic heterocycles. The molecular weight excluding hydrogens is 274 g/mol. The molecule has 1 atom stereocenters. The lowest BCUT2D eigenvalue weighted by Crippen LogP contribution is -2.25. The quantitative estimate of drug-likeness (QED) is 0.912. The summed E-state index contributed by atoms with van der Waals surface area (Å²) < 4.78 is 33.1. The van der Waals surface area contributed by atoms with Gasteiger partial charge in [-0.2, -0.15) is 0 Å². The number of halogens is 2. The summed E-state index contributed by atoms with van der Waals surface area (Å²) in [6, 6.07) is 9.17. The van der Waals surface area contributed by atoms with Crippen molar-refractivity contribution in [2.75, 3.05) is 0 Å². The minimum atomic E-state index is -1.26. The van der Waals surface area contributed by atoms with E-state index >= 15 is 0 Å². The number of hydrogen-bond acceptors (Lipinski definition) is 2. The van der Waals surface area contributed by atoms with Crippen LogP contribution >= 0.6 is 0 Å². The van der Waals surface area contributed by atoms with Gasteiger partial charge in [-0.15, -0.1) is 0 Å². The van der Waals surface area contributed by atoms with Gasteiger partial charge in [-0.05, 0) is 25.5 Å². The molecule has 1 aliphatic heterocycles. The molecule has 0 bridgehead atoms. The second kappa shape index (κ2) is 4.81. The van der Waals surface area contributed by atoms with Gasteiger partial charge in [0.05, 0.1) is 0 Å². The fourth-order valence-corrected chi connectivity index (χ4v) is 2.75. The number of rotatable bonds is 2. The van der Waals surface area contributed by atoms with Crippen LogP contribution < -0.4 is 4.74 Å². The van der Waals surface area contributed by atoms with Crippen molar-refractivity contribution in [3.05, 3.63) is 64.7 Å². The number of benzene rings is 2. The van der Waals surface area contributed by atoms with Crippen molar-refractivity contribution in [3.63, 3.8) is 0 Å². The summed E-state index contributed by atoms with van der Waals surface area (Å²) in [4.78, 5) is 0. The predicted molar refractivity (Wildman–Crippen MR) is 75.3 cm³/mol. The molecule has 2 nitrogen and oxygen atoms in total. The first-order valence-corrected chi connectivity index (χ1v) is 6.82. The van der Waals surface area contributed by atoms with Crippen molar-refractivity contribution in [1.82, 2.24) is 0 Å². The van der Waals surface area contributed by atoms with E-state index in [9.17, 15) is 13.9 Å². The molecule has 1 unspecified atom stereocenters. The highest BCUT2D eigenvalue weighted by molar-refractivity contribution is 5.49. The van der Waals surface area contributed by atoms with Crippen LogP contribution in [0.3, 0.4) is 0 Å². The Morgan fingerprint density at radius 3 is 2.52 bits per heavy atom. The van der Waals surface area contributed by atoms with Gasteiger partial charge in [-0.1, -0.05) is 30.3 Å². The Kier molecular flexibility index (Phi) is 3.21. The Labute approximate surface area is 122 Å². The lowest BCUT2D eigenvalue weighted by molar-refractivity contribution is 0.131. The first-order chi connectivity index (χ1) is 9.89. The number of aliphatic hydroxyl groups is 1. The fourth-order valence-electron chi connectivity index (χ4n) is 2.75. The van der Waals surface area contributed by atoms with Crippen molar-refractivity contribution in [2.24, 2.45) is 0 Å². The maximum atomic E-state index is 13.9. The van der Waals surface area contributed by atoms with Crippen molar-refractivity contribution in [1.29, 1.82) is 0 Å². The third-order valence-electron chi connectivity index (χ3n) is 3.69. The summed E-state index contributed by atoms with van der Waals surface area (Å²) in [6.07, 6.45) is -0.543. The number of ether oxygens (including phenoxy) is 1. The minimum Gasteiger partial charge on any atom is -0.487 e. The highest BCUT2D eigenvalue weighted by Gasteiger charge is 2.33. The van der Waals surface area contributed by atoms with E-state index in [2.05, 4.69) is 0 Å². The van der Waals surface area contributed by atoms with Crippen molar-refractivity contribution >= 4 is 0 Å². The average Bonchev–Trinajstić information content (AvgIpc) is 2.74.